The van der Waals surface area contributed by atoms with E-state index >= 15 is 0 Å². The molecule has 0 aliphatic heterocycles. The fourth-order valence-corrected chi connectivity index (χ4v) is 2.11. The number of ether oxygens (including phenoxy) is 1. The molecule has 3 heteroatoms. The highest BCUT2D eigenvalue weighted by molar-refractivity contribution is 5.87. The Morgan fingerprint density at radius 2 is 1.75 bits per heavy atom. The first-order valence-electron chi connectivity index (χ1n) is 6.43. The van der Waals surface area contributed by atoms with E-state index in [9.17, 15) is 9.59 Å². The third-order valence-electron chi connectivity index (χ3n) is 3.12. The van der Waals surface area contributed by atoms with E-state index in [1.165, 1.54) is 6.92 Å². The van der Waals surface area contributed by atoms with Crippen molar-refractivity contribution < 1.29 is 14.3 Å². The minimum absolute atomic E-state index is 0.275. The molecule has 0 spiro atoms. The number of esters is 1. The molecule has 0 saturated carbocycles. The molecule has 0 bridgehead atoms. The average Bonchev–Trinajstić information content (AvgIpc) is 2.46. The number of benzene rings is 2. The zero-order chi connectivity index (χ0) is 14.5. The highest BCUT2D eigenvalue weighted by Gasteiger charge is 2.09. The van der Waals surface area contributed by atoms with Gasteiger partial charge in [0.15, 0.2) is 6.29 Å². The van der Waals surface area contributed by atoms with Crippen molar-refractivity contribution in [3.8, 4) is 11.1 Å². The van der Waals surface area contributed by atoms with Gasteiger partial charge in [-0.05, 0) is 23.6 Å². The SMILES string of the molecule is CC(=O)OC(C)c1ccc(-c2ccccc2C=O)cc1. The van der Waals surface area contributed by atoms with Crippen LogP contribution in [-0.2, 0) is 9.53 Å². The second-order valence-electron chi connectivity index (χ2n) is 4.58. The number of carbonyl (C=O) groups is 2. The zero-order valence-electron chi connectivity index (χ0n) is 11.5. The van der Waals surface area contributed by atoms with Crippen molar-refractivity contribution in [2.24, 2.45) is 0 Å². The van der Waals surface area contributed by atoms with Crippen molar-refractivity contribution in [3.63, 3.8) is 0 Å². The highest BCUT2D eigenvalue weighted by Crippen LogP contribution is 2.25. The van der Waals surface area contributed by atoms with Gasteiger partial charge in [0.1, 0.15) is 6.10 Å². The summed E-state index contributed by atoms with van der Waals surface area (Å²) in [6.07, 6.45) is 0.577. The van der Waals surface area contributed by atoms with E-state index in [0.717, 1.165) is 23.0 Å². The lowest BCUT2D eigenvalue weighted by molar-refractivity contribution is -0.145. The summed E-state index contributed by atoms with van der Waals surface area (Å²) < 4.78 is 5.13. The van der Waals surface area contributed by atoms with E-state index in [1.807, 2.05) is 49.4 Å². The molecule has 2 aromatic carbocycles. The number of hydrogen-bond donors (Lipinski definition) is 0. The molecule has 0 radical (unpaired) electrons. The molecule has 0 aromatic heterocycles. The molecule has 0 fully saturated rings. The molecule has 0 aliphatic rings. The van der Waals surface area contributed by atoms with Gasteiger partial charge in [-0.15, -0.1) is 0 Å². The fraction of sp³-hybridized carbons (Fsp3) is 0.176. The Hall–Kier alpha value is -2.42. The van der Waals surface area contributed by atoms with Crippen LogP contribution >= 0.6 is 0 Å². The van der Waals surface area contributed by atoms with Gasteiger partial charge in [-0.3, -0.25) is 9.59 Å². The molecule has 0 heterocycles. The molecule has 0 amide bonds. The smallest absolute Gasteiger partial charge is 0.303 e. The molecular weight excluding hydrogens is 252 g/mol. The summed E-state index contributed by atoms with van der Waals surface area (Å²) >= 11 is 0. The van der Waals surface area contributed by atoms with Gasteiger partial charge in [-0.1, -0.05) is 48.5 Å². The van der Waals surface area contributed by atoms with Crippen LogP contribution in [0.3, 0.4) is 0 Å². The van der Waals surface area contributed by atoms with Crippen LogP contribution in [0.15, 0.2) is 48.5 Å². The molecule has 20 heavy (non-hydrogen) atoms. The summed E-state index contributed by atoms with van der Waals surface area (Å²) in [6, 6.07) is 15.1. The normalized spacial score (nSPS) is 11.7. The number of hydrogen-bond acceptors (Lipinski definition) is 3. The van der Waals surface area contributed by atoms with Gasteiger partial charge in [0.05, 0.1) is 0 Å². The first-order valence-corrected chi connectivity index (χ1v) is 6.43. The van der Waals surface area contributed by atoms with Gasteiger partial charge in [-0.25, -0.2) is 0 Å². The lowest BCUT2D eigenvalue weighted by Gasteiger charge is -2.13. The Morgan fingerprint density at radius 1 is 1.10 bits per heavy atom. The van der Waals surface area contributed by atoms with Crippen LogP contribution in [0.5, 0.6) is 0 Å². The predicted octanol–water partition coefficient (Wildman–Crippen LogP) is 3.79. The number of aldehydes is 1. The summed E-state index contributed by atoms with van der Waals surface area (Å²) in [5, 5.41) is 0. The van der Waals surface area contributed by atoms with E-state index in [-0.39, 0.29) is 12.1 Å². The minimum Gasteiger partial charge on any atom is -0.458 e. The molecule has 0 N–H and O–H groups in total. The second-order valence-corrected chi connectivity index (χ2v) is 4.58. The van der Waals surface area contributed by atoms with Crippen molar-refractivity contribution in [2.75, 3.05) is 0 Å². The Bertz CT molecular complexity index is 614. The van der Waals surface area contributed by atoms with Crippen LogP contribution in [0, 0.1) is 0 Å². The molecule has 102 valence electrons. The summed E-state index contributed by atoms with van der Waals surface area (Å²) in [4.78, 5) is 22.0. The molecular formula is C17H16O3. The lowest BCUT2D eigenvalue weighted by atomic mass is 9.98. The standard InChI is InChI=1S/C17H16O3/c1-12(20-13(2)19)14-7-9-15(10-8-14)17-6-4-3-5-16(17)11-18/h3-12H,1-2H3. The Balaban J connectivity index is 2.28. The molecule has 1 atom stereocenters. The first-order chi connectivity index (χ1) is 9.61. The van der Waals surface area contributed by atoms with Gasteiger partial charge in [0, 0.05) is 12.5 Å². The van der Waals surface area contributed by atoms with E-state index in [1.54, 1.807) is 6.07 Å². The average molecular weight is 268 g/mol. The Morgan fingerprint density at radius 3 is 2.35 bits per heavy atom. The van der Waals surface area contributed by atoms with Gasteiger partial charge >= 0.3 is 5.97 Å². The van der Waals surface area contributed by atoms with Gasteiger partial charge < -0.3 is 4.74 Å². The van der Waals surface area contributed by atoms with Crippen LogP contribution in [0.25, 0.3) is 11.1 Å². The maximum Gasteiger partial charge on any atom is 0.303 e. The molecule has 3 nitrogen and oxygen atoms in total. The van der Waals surface area contributed by atoms with Gasteiger partial charge in [-0.2, -0.15) is 0 Å². The quantitative estimate of drug-likeness (QED) is 0.626. The molecule has 2 rings (SSSR count). The molecule has 0 saturated heterocycles. The maximum atomic E-state index is 11.0. The minimum atomic E-state index is -0.298. The van der Waals surface area contributed by atoms with Gasteiger partial charge in [0.2, 0.25) is 0 Å². The zero-order valence-corrected chi connectivity index (χ0v) is 11.5. The fourth-order valence-electron chi connectivity index (χ4n) is 2.11. The predicted molar refractivity (Wildman–Crippen MR) is 77.4 cm³/mol. The van der Waals surface area contributed by atoms with Crippen LogP contribution in [0.2, 0.25) is 0 Å². The topological polar surface area (TPSA) is 43.4 Å². The summed E-state index contributed by atoms with van der Waals surface area (Å²) in [5.41, 5.74) is 3.45. The highest BCUT2D eigenvalue weighted by atomic mass is 16.5. The van der Waals surface area contributed by atoms with E-state index in [0.29, 0.717) is 5.56 Å². The van der Waals surface area contributed by atoms with Crippen molar-refractivity contribution >= 4 is 12.3 Å². The van der Waals surface area contributed by atoms with Gasteiger partial charge in [0.25, 0.3) is 0 Å². The molecule has 1 unspecified atom stereocenters. The van der Waals surface area contributed by atoms with Crippen molar-refractivity contribution in [3.05, 3.63) is 59.7 Å². The number of carbonyl (C=O) groups excluding carboxylic acids is 2. The van der Waals surface area contributed by atoms with Crippen molar-refractivity contribution in [1.82, 2.24) is 0 Å². The van der Waals surface area contributed by atoms with E-state index in [2.05, 4.69) is 0 Å². The maximum absolute atomic E-state index is 11.0. The lowest BCUT2D eigenvalue weighted by Crippen LogP contribution is -2.04. The molecule has 0 aliphatic carbocycles. The summed E-state index contributed by atoms with van der Waals surface area (Å²) in [7, 11) is 0. The van der Waals surface area contributed by atoms with Crippen LogP contribution < -0.4 is 0 Å². The monoisotopic (exact) mass is 268 g/mol. The van der Waals surface area contributed by atoms with E-state index in [4.69, 9.17) is 4.74 Å². The van der Waals surface area contributed by atoms with Crippen molar-refractivity contribution in [1.29, 1.82) is 0 Å². The van der Waals surface area contributed by atoms with E-state index < -0.39 is 0 Å². The Labute approximate surface area is 118 Å². The van der Waals surface area contributed by atoms with Crippen LogP contribution in [0.1, 0.15) is 35.9 Å². The Kier molecular flexibility index (Phi) is 4.31. The second kappa shape index (κ2) is 6.15. The third kappa shape index (κ3) is 3.12. The van der Waals surface area contributed by atoms with Crippen LogP contribution in [-0.4, -0.2) is 12.3 Å². The first kappa shape index (κ1) is 14.0. The van der Waals surface area contributed by atoms with Crippen molar-refractivity contribution in [2.45, 2.75) is 20.0 Å². The largest absolute Gasteiger partial charge is 0.458 e. The summed E-state index contributed by atoms with van der Waals surface area (Å²) in [6.45, 7) is 3.22. The third-order valence-corrected chi connectivity index (χ3v) is 3.12. The number of rotatable bonds is 4. The summed E-state index contributed by atoms with van der Waals surface area (Å²) in [5.74, 6) is -0.298. The van der Waals surface area contributed by atoms with Crippen LogP contribution in [0.4, 0.5) is 0 Å². The molecule has 2 aromatic rings.